The molecule has 2 aromatic rings. The van der Waals surface area contributed by atoms with Crippen molar-refractivity contribution >= 4 is 23.1 Å². The van der Waals surface area contributed by atoms with Gasteiger partial charge in [-0.15, -0.1) is 0 Å². The Kier molecular flexibility index (Phi) is 5.89. The van der Waals surface area contributed by atoms with E-state index in [9.17, 15) is 9.59 Å². The van der Waals surface area contributed by atoms with Crippen molar-refractivity contribution < 1.29 is 19.1 Å². The number of amides is 1. The Morgan fingerprint density at radius 2 is 1.77 bits per heavy atom. The minimum absolute atomic E-state index is 0.0772. The van der Waals surface area contributed by atoms with Crippen molar-refractivity contribution in [3.05, 3.63) is 65.4 Å². The van der Waals surface area contributed by atoms with Crippen LogP contribution in [0.3, 0.4) is 0 Å². The lowest BCUT2D eigenvalue weighted by Gasteiger charge is -2.35. The Hall–Kier alpha value is -3.41. The van der Waals surface area contributed by atoms with E-state index in [1.54, 1.807) is 26.4 Å². The van der Waals surface area contributed by atoms with E-state index in [1.165, 1.54) is 0 Å². The highest BCUT2D eigenvalue weighted by Crippen LogP contribution is 2.44. The summed E-state index contributed by atoms with van der Waals surface area (Å²) < 4.78 is 10.7. The monoisotopic (exact) mass is 418 g/mol. The fourth-order valence-corrected chi connectivity index (χ4v) is 4.48. The predicted molar refractivity (Wildman–Crippen MR) is 120 cm³/mol. The zero-order chi connectivity index (χ0) is 22.0. The number of rotatable bonds is 5. The van der Waals surface area contributed by atoms with Gasteiger partial charge in [-0.3, -0.25) is 14.6 Å². The molecular formula is C25H26N2O4. The Morgan fingerprint density at radius 3 is 2.48 bits per heavy atom. The van der Waals surface area contributed by atoms with Gasteiger partial charge in [-0.25, -0.2) is 0 Å². The molecule has 1 N–H and O–H groups in total. The van der Waals surface area contributed by atoms with Crippen LogP contribution in [0, 0.1) is 5.92 Å². The van der Waals surface area contributed by atoms with E-state index in [4.69, 9.17) is 14.5 Å². The number of hydrogen-bond acceptors (Lipinski definition) is 5. The highest BCUT2D eigenvalue weighted by atomic mass is 16.5. The average Bonchev–Trinajstić information content (AvgIpc) is 2.78. The molecule has 1 aliphatic heterocycles. The van der Waals surface area contributed by atoms with Crippen LogP contribution in [0.5, 0.6) is 11.5 Å². The van der Waals surface area contributed by atoms with Gasteiger partial charge in [0.05, 0.1) is 25.8 Å². The number of allylic oxidation sites excluding steroid dienone is 2. The van der Waals surface area contributed by atoms with Crippen molar-refractivity contribution in [2.24, 2.45) is 10.9 Å². The topological polar surface area (TPSA) is 77.0 Å². The van der Waals surface area contributed by atoms with Gasteiger partial charge in [-0.2, -0.15) is 0 Å². The summed E-state index contributed by atoms with van der Waals surface area (Å²) in [5.74, 6) is 0.185. The van der Waals surface area contributed by atoms with Gasteiger partial charge in [0.2, 0.25) is 5.91 Å². The molecule has 0 aromatic heterocycles. The van der Waals surface area contributed by atoms with Gasteiger partial charge in [-0.05, 0) is 49.6 Å². The number of ketones is 1. The third kappa shape index (κ3) is 3.98. The van der Waals surface area contributed by atoms with E-state index in [-0.39, 0.29) is 17.6 Å². The first-order valence-corrected chi connectivity index (χ1v) is 10.4. The summed E-state index contributed by atoms with van der Waals surface area (Å²) in [7, 11) is 3.18. The number of benzene rings is 2. The van der Waals surface area contributed by atoms with E-state index in [0.29, 0.717) is 29.1 Å². The molecule has 6 nitrogen and oxygen atoms in total. The maximum Gasteiger partial charge on any atom is 0.234 e. The largest absolute Gasteiger partial charge is 0.497 e. The second-order valence-corrected chi connectivity index (χ2v) is 7.81. The number of carbonyl (C=O) groups is 2. The fraction of sp³-hybridized carbons (Fsp3) is 0.320. The van der Waals surface area contributed by atoms with Crippen molar-refractivity contribution in [1.82, 2.24) is 0 Å². The number of para-hydroxylation sites is 2. The zero-order valence-corrected chi connectivity index (χ0v) is 18.0. The maximum atomic E-state index is 13.5. The highest BCUT2D eigenvalue weighted by molar-refractivity contribution is 6.13. The van der Waals surface area contributed by atoms with Crippen LogP contribution in [0.15, 0.2) is 64.8 Å². The predicted octanol–water partition coefficient (Wildman–Crippen LogP) is 4.52. The lowest BCUT2D eigenvalue weighted by molar-refractivity contribution is -0.119. The van der Waals surface area contributed by atoms with E-state index in [0.717, 1.165) is 29.9 Å². The molecular weight excluding hydrogens is 392 g/mol. The molecule has 31 heavy (non-hydrogen) atoms. The molecule has 0 bridgehead atoms. The molecule has 2 aromatic carbocycles. The molecule has 1 amide bonds. The van der Waals surface area contributed by atoms with Gasteiger partial charge >= 0.3 is 0 Å². The van der Waals surface area contributed by atoms with E-state index in [1.807, 2.05) is 43.3 Å². The number of carbonyl (C=O) groups excluding carboxylic acids is 2. The first-order valence-electron chi connectivity index (χ1n) is 10.4. The number of aliphatic imine (C=N–C) groups is 1. The minimum atomic E-state index is -0.598. The van der Waals surface area contributed by atoms with Crippen molar-refractivity contribution in [2.45, 2.75) is 32.1 Å². The van der Waals surface area contributed by atoms with Crippen LogP contribution in [0.25, 0.3) is 0 Å². The number of nitrogens with one attached hydrogen (secondary N) is 1. The first kappa shape index (κ1) is 20.8. The molecule has 6 heteroatoms. The molecule has 0 spiro atoms. The van der Waals surface area contributed by atoms with Crippen LogP contribution in [-0.2, 0) is 9.59 Å². The van der Waals surface area contributed by atoms with Gasteiger partial charge in [0.1, 0.15) is 11.5 Å². The van der Waals surface area contributed by atoms with Crippen LogP contribution in [0.1, 0.15) is 37.7 Å². The van der Waals surface area contributed by atoms with Crippen LogP contribution in [-0.4, -0.2) is 31.6 Å². The van der Waals surface area contributed by atoms with Gasteiger partial charge in [0.25, 0.3) is 0 Å². The van der Waals surface area contributed by atoms with Crippen molar-refractivity contribution in [3.8, 4) is 11.5 Å². The number of Topliss-reactive ketones (excluding diaryl/α,β-unsaturated/α-hetero) is 1. The number of ether oxygens (including phenoxy) is 2. The molecule has 4 rings (SSSR count). The summed E-state index contributed by atoms with van der Waals surface area (Å²) in [6.45, 7) is 1.87. The molecule has 0 saturated heterocycles. The van der Waals surface area contributed by atoms with Gasteiger partial charge in [0.15, 0.2) is 5.78 Å². The standard InChI is InChI=1S/C25H26N2O4/c1-15-22(25(29)27-18-7-4-5-10-21(18)31-3)23(16-11-13-17(30-2)14-12-16)24-19(26-15)8-6-9-20(24)28/h4-5,7,10-14,22-23H,6,8-9H2,1-3H3,(H,27,29)/t22?,23-/m0/s1. The first-order chi connectivity index (χ1) is 15.0. The van der Waals surface area contributed by atoms with Crippen LogP contribution >= 0.6 is 0 Å². The van der Waals surface area contributed by atoms with Gasteiger partial charge in [0, 0.05) is 29.3 Å². The second kappa shape index (κ2) is 8.76. The number of nitrogens with zero attached hydrogens (tertiary/aromatic N) is 1. The van der Waals surface area contributed by atoms with E-state index >= 15 is 0 Å². The third-order valence-electron chi connectivity index (χ3n) is 5.96. The zero-order valence-electron chi connectivity index (χ0n) is 18.0. The van der Waals surface area contributed by atoms with Crippen LogP contribution in [0.2, 0.25) is 0 Å². The smallest absolute Gasteiger partial charge is 0.234 e. The van der Waals surface area contributed by atoms with Crippen molar-refractivity contribution in [1.29, 1.82) is 0 Å². The molecule has 1 aliphatic carbocycles. The fourth-order valence-electron chi connectivity index (χ4n) is 4.48. The average molecular weight is 418 g/mol. The van der Waals surface area contributed by atoms with Crippen molar-refractivity contribution in [2.75, 3.05) is 19.5 Å². The Labute approximate surface area is 182 Å². The van der Waals surface area contributed by atoms with Crippen LogP contribution < -0.4 is 14.8 Å². The number of hydrogen-bond donors (Lipinski definition) is 1. The molecule has 160 valence electrons. The normalized spacial score (nSPS) is 20.6. The molecule has 0 fully saturated rings. The lowest BCUT2D eigenvalue weighted by Crippen LogP contribution is -2.39. The third-order valence-corrected chi connectivity index (χ3v) is 5.96. The van der Waals surface area contributed by atoms with Gasteiger partial charge < -0.3 is 14.8 Å². The summed E-state index contributed by atoms with van der Waals surface area (Å²) >= 11 is 0. The number of anilines is 1. The Bertz CT molecular complexity index is 1070. The van der Waals surface area contributed by atoms with Gasteiger partial charge in [-0.1, -0.05) is 24.3 Å². The number of methoxy groups -OCH3 is 2. The van der Waals surface area contributed by atoms with E-state index in [2.05, 4.69) is 5.32 Å². The molecule has 1 unspecified atom stereocenters. The Balaban J connectivity index is 1.77. The molecule has 2 atom stereocenters. The summed E-state index contributed by atoms with van der Waals surface area (Å²) in [5.41, 5.74) is 3.68. The van der Waals surface area contributed by atoms with E-state index < -0.39 is 5.92 Å². The molecule has 0 saturated carbocycles. The molecule has 1 heterocycles. The second-order valence-electron chi connectivity index (χ2n) is 7.81. The van der Waals surface area contributed by atoms with Crippen molar-refractivity contribution in [3.63, 3.8) is 0 Å². The lowest BCUT2D eigenvalue weighted by atomic mass is 9.71. The summed E-state index contributed by atoms with van der Waals surface area (Å²) in [6.07, 6.45) is 2.04. The summed E-state index contributed by atoms with van der Waals surface area (Å²) in [5, 5.41) is 2.99. The van der Waals surface area contributed by atoms with Crippen LogP contribution in [0.4, 0.5) is 5.69 Å². The molecule has 0 radical (unpaired) electrons. The highest BCUT2D eigenvalue weighted by Gasteiger charge is 2.42. The Morgan fingerprint density at radius 1 is 1.03 bits per heavy atom. The maximum absolute atomic E-state index is 13.5. The summed E-state index contributed by atoms with van der Waals surface area (Å²) in [4.78, 5) is 31.2. The summed E-state index contributed by atoms with van der Waals surface area (Å²) in [6, 6.07) is 14.9. The minimum Gasteiger partial charge on any atom is -0.497 e. The molecule has 2 aliphatic rings. The SMILES string of the molecule is COc1ccc([C@@H]2C3=C(CCCC3=O)N=C(C)C2C(=O)Nc2ccccc2OC)cc1. The quantitative estimate of drug-likeness (QED) is 0.774.